The van der Waals surface area contributed by atoms with Gasteiger partial charge in [0.15, 0.2) is 0 Å². The molecule has 1 amide bonds. The summed E-state index contributed by atoms with van der Waals surface area (Å²) in [6, 6.07) is 7.37. The molecular formula is C9H12N2O4S. The normalized spacial score (nSPS) is 10.9. The van der Waals surface area contributed by atoms with E-state index in [0.717, 1.165) is 0 Å². The number of hydrogen-bond donors (Lipinski definition) is 1. The van der Waals surface area contributed by atoms with Crippen molar-refractivity contribution >= 4 is 16.2 Å². The number of nitrogens with two attached hydrogens (primary N) is 1. The molecule has 1 aromatic rings. The minimum Gasteiger partial charge on any atom is -0.323 e. The molecular weight excluding hydrogens is 232 g/mol. The van der Waals surface area contributed by atoms with Gasteiger partial charge in [0.25, 0.3) is 0 Å². The van der Waals surface area contributed by atoms with Crippen LogP contribution in [0, 0.1) is 0 Å². The van der Waals surface area contributed by atoms with Crippen LogP contribution in [0.3, 0.4) is 0 Å². The van der Waals surface area contributed by atoms with Crippen LogP contribution < -0.4 is 5.84 Å². The van der Waals surface area contributed by atoms with E-state index in [1.807, 2.05) is 0 Å². The summed E-state index contributed by atoms with van der Waals surface area (Å²) in [4.78, 5) is 11.1. The van der Waals surface area contributed by atoms with Gasteiger partial charge < -0.3 is 4.18 Å². The highest BCUT2D eigenvalue weighted by molar-refractivity contribution is 7.87. The molecule has 7 heteroatoms. The third-order valence-corrected chi connectivity index (χ3v) is 3.00. The lowest BCUT2D eigenvalue weighted by Gasteiger charge is -2.13. The minimum atomic E-state index is -4.09. The third kappa shape index (κ3) is 2.94. The van der Waals surface area contributed by atoms with Gasteiger partial charge in [0.1, 0.15) is 4.90 Å². The van der Waals surface area contributed by atoms with E-state index in [0.29, 0.717) is 5.01 Å². The van der Waals surface area contributed by atoms with Crippen molar-refractivity contribution in [2.75, 3.05) is 6.54 Å². The van der Waals surface area contributed by atoms with E-state index in [2.05, 4.69) is 4.18 Å². The maximum absolute atomic E-state index is 11.5. The molecule has 0 aliphatic heterocycles. The van der Waals surface area contributed by atoms with Gasteiger partial charge in [-0.1, -0.05) is 18.2 Å². The Kier molecular flexibility index (Phi) is 3.86. The van der Waals surface area contributed by atoms with Crippen molar-refractivity contribution in [1.29, 1.82) is 0 Å². The van der Waals surface area contributed by atoms with Crippen molar-refractivity contribution in [3.05, 3.63) is 30.3 Å². The smallest absolute Gasteiger partial charge is 0.323 e. The van der Waals surface area contributed by atoms with Crippen LogP contribution >= 0.6 is 0 Å². The van der Waals surface area contributed by atoms with E-state index < -0.39 is 16.2 Å². The fraction of sp³-hybridized carbons (Fsp3) is 0.222. The Hall–Kier alpha value is -1.60. The molecule has 0 heterocycles. The van der Waals surface area contributed by atoms with E-state index in [1.54, 1.807) is 13.0 Å². The molecule has 0 unspecified atom stereocenters. The highest BCUT2D eigenvalue weighted by atomic mass is 32.2. The van der Waals surface area contributed by atoms with E-state index >= 15 is 0 Å². The van der Waals surface area contributed by atoms with Crippen LogP contribution in [0.25, 0.3) is 0 Å². The Morgan fingerprint density at radius 3 is 2.44 bits per heavy atom. The van der Waals surface area contributed by atoms with Crippen LogP contribution in [-0.2, 0) is 14.3 Å². The zero-order chi connectivity index (χ0) is 12.2. The Morgan fingerprint density at radius 2 is 1.94 bits per heavy atom. The monoisotopic (exact) mass is 244 g/mol. The number of hydrazine groups is 1. The van der Waals surface area contributed by atoms with Crippen LogP contribution in [0.4, 0.5) is 4.79 Å². The van der Waals surface area contributed by atoms with E-state index in [-0.39, 0.29) is 11.4 Å². The number of nitrogens with zero attached hydrogens (tertiary/aromatic N) is 1. The Bertz CT molecular complexity index is 458. The molecule has 0 aliphatic rings. The molecule has 2 N–H and O–H groups in total. The standard InChI is InChI=1S/C9H12N2O4S/c1-2-11(10)9(12)15-16(13,14)8-6-4-3-5-7-8/h3-7H,2,10H2,1H3. The third-order valence-electron chi connectivity index (χ3n) is 1.79. The zero-order valence-corrected chi connectivity index (χ0v) is 9.48. The van der Waals surface area contributed by atoms with E-state index in [1.165, 1.54) is 24.3 Å². The SMILES string of the molecule is CCN(N)C(=O)OS(=O)(=O)c1ccccc1. The molecule has 0 spiro atoms. The number of carbonyl (C=O) groups is 1. The van der Waals surface area contributed by atoms with E-state index in [4.69, 9.17) is 5.84 Å². The summed E-state index contributed by atoms with van der Waals surface area (Å²) in [5, 5.41) is 0.667. The molecule has 0 saturated heterocycles. The van der Waals surface area contributed by atoms with Gasteiger partial charge in [0.05, 0.1) is 0 Å². The molecule has 0 fully saturated rings. The van der Waals surface area contributed by atoms with Crippen molar-refractivity contribution in [2.24, 2.45) is 5.84 Å². The van der Waals surface area contributed by atoms with Crippen LogP contribution in [0.1, 0.15) is 6.92 Å². The molecule has 1 aromatic carbocycles. The molecule has 16 heavy (non-hydrogen) atoms. The molecule has 0 radical (unpaired) electrons. The summed E-state index contributed by atoms with van der Waals surface area (Å²) >= 11 is 0. The topological polar surface area (TPSA) is 89.7 Å². The maximum atomic E-state index is 11.5. The summed E-state index contributed by atoms with van der Waals surface area (Å²) in [7, 11) is -4.09. The summed E-state index contributed by atoms with van der Waals surface area (Å²) in [5.74, 6) is 5.20. The van der Waals surface area contributed by atoms with Gasteiger partial charge in [-0.2, -0.15) is 8.42 Å². The molecule has 0 aromatic heterocycles. The fourth-order valence-corrected chi connectivity index (χ4v) is 1.78. The lowest BCUT2D eigenvalue weighted by Crippen LogP contribution is -2.38. The number of amides is 1. The van der Waals surface area contributed by atoms with Crippen LogP contribution in [0.2, 0.25) is 0 Å². The molecule has 0 atom stereocenters. The first kappa shape index (κ1) is 12.5. The number of hydrogen-bond acceptors (Lipinski definition) is 5. The predicted octanol–water partition coefficient (Wildman–Crippen LogP) is 0.707. The van der Waals surface area contributed by atoms with Crippen molar-refractivity contribution < 1.29 is 17.4 Å². The summed E-state index contributed by atoms with van der Waals surface area (Å²) in [6.45, 7) is 1.75. The largest absolute Gasteiger partial charge is 0.439 e. The Balaban J connectivity index is 2.86. The van der Waals surface area contributed by atoms with Gasteiger partial charge in [-0.15, -0.1) is 0 Å². The van der Waals surface area contributed by atoms with Crippen molar-refractivity contribution in [2.45, 2.75) is 11.8 Å². The van der Waals surface area contributed by atoms with Crippen LogP contribution in [0.5, 0.6) is 0 Å². The second-order valence-corrected chi connectivity index (χ2v) is 4.45. The predicted molar refractivity (Wildman–Crippen MR) is 56.7 cm³/mol. The van der Waals surface area contributed by atoms with Gasteiger partial charge >= 0.3 is 16.2 Å². The first-order chi connectivity index (χ1) is 7.47. The second-order valence-electron chi connectivity index (χ2n) is 2.90. The van der Waals surface area contributed by atoms with E-state index in [9.17, 15) is 13.2 Å². The van der Waals surface area contributed by atoms with Crippen LogP contribution in [0.15, 0.2) is 35.2 Å². The van der Waals surface area contributed by atoms with Crippen molar-refractivity contribution in [3.8, 4) is 0 Å². The molecule has 6 nitrogen and oxygen atoms in total. The fourth-order valence-electron chi connectivity index (χ4n) is 0.906. The van der Waals surface area contributed by atoms with Gasteiger partial charge in [0.2, 0.25) is 0 Å². The lowest BCUT2D eigenvalue weighted by molar-refractivity contribution is 0.158. The highest BCUT2D eigenvalue weighted by Crippen LogP contribution is 2.11. The van der Waals surface area contributed by atoms with Crippen molar-refractivity contribution in [3.63, 3.8) is 0 Å². The average molecular weight is 244 g/mol. The number of benzene rings is 1. The molecule has 0 saturated carbocycles. The first-order valence-corrected chi connectivity index (χ1v) is 5.94. The Morgan fingerprint density at radius 1 is 1.38 bits per heavy atom. The van der Waals surface area contributed by atoms with Gasteiger partial charge in [-0.25, -0.2) is 15.6 Å². The number of rotatable bonds is 3. The molecule has 1 rings (SSSR count). The summed E-state index contributed by atoms with van der Waals surface area (Å²) < 4.78 is 27.4. The molecule has 88 valence electrons. The quantitative estimate of drug-likeness (QED) is 0.366. The summed E-state index contributed by atoms with van der Waals surface area (Å²) in [6.07, 6.45) is -1.11. The molecule has 0 bridgehead atoms. The second kappa shape index (κ2) is 4.95. The zero-order valence-electron chi connectivity index (χ0n) is 8.66. The van der Waals surface area contributed by atoms with Crippen molar-refractivity contribution in [1.82, 2.24) is 5.01 Å². The molecule has 0 aliphatic carbocycles. The summed E-state index contributed by atoms with van der Waals surface area (Å²) in [5.41, 5.74) is 0. The van der Waals surface area contributed by atoms with Crippen LogP contribution in [-0.4, -0.2) is 26.1 Å². The minimum absolute atomic E-state index is 0.0900. The van der Waals surface area contributed by atoms with Gasteiger partial charge in [0, 0.05) is 6.54 Å². The number of carbonyl (C=O) groups excluding carboxylic acids is 1. The van der Waals surface area contributed by atoms with Gasteiger partial charge in [-0.3, -0.25) is 0 Å². The average Bonchev–Trinajstić information content (AvgIpc) is 2.28. The first-order valence-electron chi connectivity index (χ1n) is 4.53. The lowest BCUT2D eigenvalue weighted by atomic mass is 10.4. The Labute approximate surface area is 93.7 Å². The highest BCUT2D eigenvalue weighted by Gasteiger charge is 2.21. The maximum Gasteiger partial charge on any atom is 0.439 e. The van der Waals surface area contributed by atoms with Gasteiger partial charge in [-0.05, 0) is 19.1 Å².